The SMILES string of the molecule is COc1cc(CN2CCN(CCCCCC(c3ccc(F)cc3)c3ccc(F)cc3)CC2)cc(OC)c1OC. The van der Waals surface area contributed by atoms with E-state index in [1.165, 1.54) is 24.3 Å². The van der Waals surface area contributed by atoms with Gasteiger partial charge in [0.1, 0.15) is 11.6 Å². The van der Waals surface area contributed by atoms with E-state index in [4.69, 9.17) is 14.2 Å². The first-order valence-corrected chi connectivity index (χ1v) is 13.7. The third-order valence-corrected chi connectivity index (χ3v) is 7.61. The molecule has 0 radical (unpaired) electrons. The number of halogens is 2. The molecule has 3 aromatic carbocycles. The number of nitrogens with zero attached hydrogens (tertiary/aromatic N) is 2. The van der Waals surface area contributed by atoms with Crippen molar-refractivity contribution in [2.45, 2.75) is 38.1 Å². The quantitative estimate of drug-likeness (QED) is 0.232. The number of piperazine rings is 1. The molecule has 4 rings (SSSR count). The molecular weight excluding hydrogens is 498 g/mol. The first-order valence-electron chi connectivity index (χ1n) is 13.7. The number of hydrogen-bond donors (Lipinski definition) is 0. The molecule has 0 saturated carbocycles. The molecule has 0 aliphatic carbocycles. The van der Waals surface area contributed by atoms with Crippen LogP contribution >= 0.6 is 0 Å². The normalized spacial score (nSPS) is 14.5. The monoisotopic (exact) mass is 538 g/mol. The van der Waals surface area contributed by atoms with Gasteiger partial charge in [-0.2, -0.15) is 0 Å². The van der Waals surface area contributed by atoms with Crippen molar-refractivity contribution in [3.05, 3.63) is 89.0 Å². The predicted molar refractivity (Wildman–Crippen MR) is 151 cm³/mol. The van der Waals surface area contributed by atoms with Gasteiger partial charge in [-0.15, -0.1) is 0 Å². The van der Waals surface area contributed by atoms with Crippen molar-refractivity contribution in [3.63, 3.8) is 0 Å². The van der Waals surface area contributed by atoms with Gasteiger partial charge in [-0.25, -0.2) is 8.78 Å². The fourth-order valence-corrected chi connectivity index (χ4v) is 5.43. The van der Waals surface area contributed by atoms with Crippen molar-refractivity contribution in [3.8, 4) is 17.2 Å². The number of rotatable bonds is 13. The van der Waals surface area contributed by atoms with E-state index in [9.17, 15) is 8.78 Å². The van der Waals surface area contributed by atoms with Crippen LogP contribution in [0.1, 0.15) is 48.3 Å². The van der Waals surface area contributed by atoms with Crippen LogP contribution in [0.4, 0.5) is 8.78 Å². The maximum absolute atomic E-state index is 13.5. The van der Waals surface area contributed by atoms with Crippen LogP contribution in [0.3, 0.4) is 0 Å². The van der Waals surface area contributed by atoms with Gasteiger partial charge in [-0.1, -0.05) is 37.1 Å². The molecule has 3 aromatic rings. The Bertz CT molecular complexity index is 1090. The van der Waals surface area contributed by atoms with E-state index in [1.54, 1.807) is 21.3 Å². The van der Waals surface area contributed by atoms with Gasteiger partial charge in [0, 0.05) is 38.6 Å². The van der Waals surface area contributed by atoms with E-state index in [1.807, 2.05) is 36.4 Å². The summed E-state index contributed by atoms with van der Waals surface area (Å²) in [4.78, 5) is 5.01. The zero-order valence-corrected chi connectivity index (χ0v) is 23.3. The van der Waals surface area contributed by atoms with E-state index in [0.717, 1.165) is 81.6 Å². The summed E-state index contributed by atoms with van der Waals surface area (Å²) in [7, 11) is 4.91. The molecule has 0 bridgehead atoms. The van der Waals surface area contributed by atoms with Gasteiger partial charge in [0.05, 0.1) is 21.3 Å². The Kier molecular flexibility index (Phi) is 10.6. The maximum atomic E-state index is 13.5. The largest absolute Gasteiger partial charge is 0.493 e. The Morgan fingerprint density at radius 2 is 1.18 bits per heavy atom. The summed E-state index contributed by atoms with van der Waals surface area (Å²) in [6.07, 6.45) is 4.30. The lowest BCUT2D eigenvalue weighted by Crippen LogP contribution is -2.46. The summed E-state index contributed by atoms with van der Waals surface area (Å²) in [5.74, 6) is 1.67. The number of ether oxygens (including phenoxy) is 3. The van der Waals surface area contributed by atoms with Gasteiger partial charge in [0.25, 0.3) is 0 Å². The fourth-order valence-electron chi connectivity index (χ4n) is 5.43. The molecule has 0 spiro atoms. The number of benzene rings is 3. The molecule has 0 atom stereocenters. The maximum Gasteiger partial charge on any atom is 0.203 e. The molecule has 1 fully saturated rings. The number of hydrogen-bond acceptors (Lipinski definition) is 5. The predicted octanol–water partition coefficient (Wildman–Crippen LogP) is 6.50. The fraction of sp³-hybridized carbons (Fsp3) is 0.438. The summed E-state index contributed by atoms with van der Waals surface area (Å²) in [5, 5.41) is 0. The van der Waals surface area contributed by atoms with Crippen LogP contribution in [0.5, 0.6) is 17.2 Å². The molecule has 1 heterocycles. The Balaban J connectivity index is 1.22. The molecule has 7 heteroatoms. The van der Waals surface area contributed by atoms with E-state index in [2.05, 4.69) is 9.80 Å². The van der Waals surface area contributed by atoms with Gasteiger partial charge >= 0.3 is 0 Å². The van der Waals surface area contributed by atoms with Crippen molar-refractivity contribution in [1.82, 2.24) is 9.80 Å². The summed E-state index contributed by atoms with van der Waals surface area (Å²) in [6, 6.07) is 17.5. The molecule has 210 valence electrons. The summed E-state index contributed by atoms with van der Waals surface area (Å²) < 4.78 is 43.4. The minimum absolute atomic E-state index is 0.143. The Morgan fingerprint density at radius 1 is 0.667 bits per heavy atom. The average molecular weight is 539 g/mol. The van der Waals surface area contributed by atoms with E-state index in [0.29, 0.717) is 17.2 Å². The topological polar surface area (TPSA) is 34.2 Å². The molecular formula is C32H40F2N2O3. The van der Waals surface area contributed by atoms with Crippen molar-refractivity contribution >= 4 is 0 Å². The molecule has 0 aromatic heterocycles. The lowest BCUT2D eigenvalue weighted by atomic mass is 9.87. The highest BCUT2D eigenvalue weighted by molar-refractivity contribution is 5.53. The minimum Gasteiger partial charge on any atom is -0.493 e. The Labute approximate surface area is 231 Å². The lowest BCUT2D eigenvalue weighted by molar-refractivity contribution is 0.125. The number of methoxy groups -OCH3 is 3. The highest BCUT2D eigenvalue weighted by Gasteiger charge is 2.20. The molecule has 1 aliphatic heterocycles. The average Bonchev–Trinajstić information content (AvgIpc) is 2.96. The van der Waals surface area contributed by atoms with E-state index < -0.39 is 0 Å². The first-order chi connectivity index (χ1) is 19.0. The minimum atomic E-state index is -0.236. The van der Waals surface area contributed by atoms with Crippen molar-refractivity contribution < 1.29 is 23.0 Å². The highest BCUT2D eigenvalue weighted by Crippen LogP contribution is 2.38. The molecule has 0 amide bonds. The summed E-state index contributed by atoms with van der Waals surface area (Å²) >= 11 is 0. The zero-order valence-electron chi connectivity index (χ0n) is 23.3. The third kappa shape index (κ3) is 7.93. The van der Waals surface area contributed by atoms with Crippen LogP contribution in [0.25, 0.3) is 0 Å². The smallest absolute Gasteiger partial charge is 0.203 e. The van der Waals surface area contributed by atoms with Crippen LogP contribution in [-0.2, 0) is 6.54 Å². The van der Waals surface area contributed by atoms with Crippen LogP contribution < -0.4 is 14.2 Å². The molecule has 0 N–H and O–H groups in total. The molecule has 0 unspecified atom stereocenters. The second-order valence-corrected chi connectivity index (χ2v) is 10.2. The molecule has 1 aliphatic rings. The van der Waals surface area contributed by atoms with E-state index in [-0.39, 0.29) is 17.6 Å². The third-order valence-electron chi connectivity index (χ3n) is 7.61. The highest BCUT2D eigenvalue weighted by atomic mass is 19.1. The van der Waals surface area contributed by atoms with Gasteiger partial charge in [0.2, 0.25) is 5.75 Å². The van der Waals surface area contributed by atoms with Crippen LogP contribution in [-0.4, -0.2) is 63.9 Å². The first kappa shape index (κ1) is 28.8. The van der Waals surface area contributed by atoms with Crippen LogP contribution in [0, 0.1) is 11.6 Å². The van der Waals surface area contributed by atoms with E-state index >= 15 is 0 Å². The van der Waals surface area contributed by atoms with Gasteiger partial charge in [-0.3, -0.25) is 4.90 Å². The summed E-state index contributed by atoms with van der Waals surface area (Å²) in [6.45, 7) is 6.09. The van der Waals surface area contributed by atoms with Gasteiger partial charge in [-0.05, 0) is 72.5 Å². The second kappa shape index (κ2) is 14.3. The van der Waals surface area contributed by atoms with Crippen molar-refractivity contribution in [2.75, 3.05) is 54.1 Å². The Hall–Kier alpha value is -3.16. The van der Waals surface area contributed by atoms with Crippen LogP contribution in [0.2, 0.25) is 0 Å². The van der Waals surface area contributed by atoms with Gasteiger partial charge in [0.15, 0.2) is 11.5 Å². The summed E-state index contributed by atoms with van der Waals surface area (Å²) in [5.41, 5.74) is 3.30. The van der Waals surface area contributed by atoms with Crippen molar-refractivity contribution in [1.29, 1.82) is 0 Å². The van der Waals surface area contributed by atoms with Crippen LogP contribution in [0.15, 0.2) is 60.7 Å². The standard InChI is InChI=1S/C32H40F2N2O3/c1-37-30-21-24(22-31(38-2)32(30)39-3)23-36-19-17-35(18-20-36)16-6-4-5-7-29(25-8-12-27(33)13-9-25)26-10-14-28(34)15-11-26/h8-15,21-22,29H,4-7,16-20,23H2,1-3H3. The second-order valence-electron chi connectivity index (χ2n) is 10.2. The molecule has 39 heavy (non-hydrogen) atoms. The zero-order chi connectivity index (χ0) is 27.6. The van der Waals surface area contributed by atoms with Crippen molar-refractivity contribution in [2.24, 2.45) is 0 Å². The van der Waals surface area contributed by atoms with Gasteiger partial charge < -0.3 is 19.1 Å². The Morgan fingerprint density at radius 3 is 1.67 bits per heavy atom. The number of unbranched alkanes of at least 4 members (excludes halogenated alkanes) is 2. The lowest BCUT2D eigenvalue weighted by Gasteiger charge is -2.35. The molecule has 1 saturated heterocycles. The molecule has 5 nitrogen and oxygen atoms in total.